The normalized spacial score (nSPS) is 14.4. The van der Waals surface area contributed by atoms with Crippen LogP contribution in [0.2, 0.25) is 0 Å². The number of methoxy groups -OCH3 is 1. The van der Waals surface area contributed by atoms with Gasteiger partial charge in [0.05, 0.1) is 24.4 Å². The van der Waals surface area contributed by atoms with Crippen LogP contribution in [0.3, 0.4) is 0 Å². The Morgan fingerprint density at radius 3 is 2.50 bits per heavy atom. The number of amides is 4. The van der Waals surface area contributed by atoms with Crippen molar-refractivity contribution in [3.8, 4) is 17.6 Å². The second kappa shape index (κ2) is 10.4. The fourth-order valence-corrected chi connectivity index (χ4v) is 3.92. The SMILES string of the molecule is COc1cc(/C=C2\C(=O)NC(=O)N(c3ccc(F)cc3)C2=O)c(Br)cc1OCc1ccccc1C#N. The molecule has 0 aliphatic carbocycles. The molecule has 3 aromatic carbocycles. The van der Waals surface area contributed by atoms with Gasteiger partial charge in [-0.25, -0.2) is 14.1 Å². The summed E-state index contributed by atoms with van der Waals surface area (Å²) >= 11 is 3.41. The average molecular weight is 550 g/mol. The van der Waals surface area contributed by atoms with E-state index in [2.05, 4.69) is 27.3 Å². The van der Waals surface area contributed by atoms with E-state index in [1.54, 1.807) is 36.4 Å². The maximum absolute atomic E-state index is 13.3. The molecule has 1 fully saturated rings. The van der Waals surface area contributed by atoms with Crippen LogP contribution in [-0.4, -0.2) is 25.0 Å². The number of rotatable bonds is 6. The van der Waals surface area contributed by atoms with Gasteiger partial charge in [-0.3, -0.25) is 14.9 Å². The zero-order valence-electron chi connectivity index (χ0n) is 18.7. The molecule has 1 aliphatic rings. The van der Waals surface area contributed by atoms with Crippen molar-refractivity contribution in [3.63, 3.8) is 0 Å². The van der Waals surface area contributed by atoms with Crippen molar-refractivity contribution in [1.82, 2.24) is 5.32 Å². The van der Waals surface area contributed by atoms with Crippen LogP contribution in [0.25, 0.3) is 6.08 Å². The number of nitriles is 1. The van der Waals surface area contributed by atoms with Gasteiger partial charge in [-0.2, -0.15) is 5.26 Å². The fraction of sp³-hybridized carbons (Fsp3) is 0.0769. The highest BCUT2D eigenvalue weighted by Crippen LogP contribution is 2.36. The average Bonchev–Trinajstić information content (AvgIpc) is 2.87. The molecule has 0 unspecified atom stereocenters. The van der Waals surface area contributed by atoms with Crippen molar-refractivity contribution < 1.29 is 28.2 Å². The number of nitrogens with one attached hydrogen (secondary N) is 1. The van der Waals surface area contributed by atoms with E-state index in [1.165, 1.54) is 25.3 Å². The number of benzene rings is 3. The van der Waals surface area contributed by atoms with Gasteiger partial charge < -0.3 is 9.47 Å². The Morgan fingerprint density at radius 1 is 1.08 bits per heavy atom. The molecule has 0 radical (unpaired) electrons. The molecule has 0 spiro atoms. The van der Waals surface area contributed by atoms with Gasteiger partial charge in [-0.15, -0.1) is 0 Å². The van der Waals surface area contributed by atoms with Crippen LogP contribution in [-0.2, 0) is 16.2 Å². The van der Waals surface area contributed by atoms with Crippen LogP contribution < -0.4 is 19.7 Å². The Morgan fingerprint density at radius 2 is 1.81 bits per heavy atom. The van der Waals surface area contributed by atoms with Gasteiger partial charge in [0.15, 0.2) is 11.5 Å². The first-order valence-corrected chi connectivity index (χ1v) is 11.3. The lowest BCUT2D eigenvalue weighted by atomic mass is 10.1. The van der Waals surface area contributed by atoms with Crippen molar-refractivity contribution >= 4 is 45.5 Å². The van der Waals surface area contributed by atoms with E-state index >= 15 is 0 Å². The third-order valence-corrected chi connectivity index (χ3v) is 5.98. The summed E-state index contributed by atoms with van der Waals surface area (Å²) in [6.07, 6.45) is 1.31. The molecular formula is C26H17BrFN3O5. The summed E-state index contributed by atoms with van der Waals surface area (Å²) < 4.78 is 25.1. The van der Waals surface area contributed by atoms with E-state index in [0.717, 1.165) is 17.0 Å². The number of nitrogens with zero attached hydrogens (tertiary/aromatic N) is 2. The number of hydrogen-bond acceptors (Lipinski definition) is 6. The van der Waals surface area contributed by atoms with E-state index in [1.807, 2.05) is 0 Å². The number of urea groups is 1. The van der Waals surface area contributed by atoms with Crippen molar-refractivity contribution in [2.24, 2.45) is 0 Å². The zero-order valence-corrected chi connectivity index (χ0v) is 20.3. The largest absolute Gasteiger partial charge is 0.493 e. The third kappa shape index (κ3) is 4.96. The molecule has 1 heterocycles. The minimum atomic E-state index is -0.938. The standard InChI is InChI=1S/C26H17BrFN3O5/c1-35-22-11-17(21(27)12-23(22)36-14-16-5-3-2-4-15(16)13-29)10-20-24(32)30-26(34)31(25(20)33)19-8-6-18(28)7-9-19/h2-12H,14H2,1H3,(H,30,32,34)/b20-10+. The quantitative estimate of drug-likeness (QED) is 0.352. The Bertz CT molecular complexity index is 1450. The third-order valence-electron chi connectivity index (χ3n) is 5.29. The number of hydrogen-bond donors (Lipinski definition) is 1. The summed E-state index contributed by atoms with van der Waals surface area (Å²) in [5, 5.41) is 11.4. The first-order chi connectivity index (χ1) is 17.3. The van der Waals surface area contributed by atoms with Crippen LogP contribution in [0.15, 0.2) is 70.7 Å². The second-order valence-corrected chi connectivity index (χ2v) is 8.37. The van der Waals surface area contributed by atoms with Gasteiger partial charge in [0.1, 0.15) is 18.0 Å². The Kier molecular flexibility index (Phi) is 7.12. The van der Waals surface area contributed by atoms with Crippen molar-refractivity contribution in [2.45, 2.75) is 6.61 Å². The van der Waals surface area contributed by atoms with E-state index in [0.29, 0.717) is 32.7 Å². The molecule has 0 atom stereocenters. The number of halogens is 2. The second-order valence-electron chi connectivity index (χ2n) is 7.52. The van der Waals surface area contributed by atoms with Gasteiger partial charge >= 0.3 is 6.03 Å². The molecule has 1 N–H and O–H groups in total. The van der Waals surface area contributed by atoms with Crippen LogP contribution >= 0.6 is 15.9 Å². The van der Waals surface area contributed by atoms with E-state index in [-0.39, 0.29) is 17.9 Å². The highest BCUT2D eigenvalue weighted by atomic mass is 79.9. The smallest absolute Gasteiger partial charge is 0.335 e. The molecule has 4 rings (SSSR count). The maximum atomic E-state index is 13.3. The predicted molar refractivity (Wildman–Crippen MR) is 132 cm³/mol. The molecule has 1 aliphatic heterocycles. The summed E-state index contributed by atoms with van der Waals surface area (Å²) in [6, 6.07) is 16.1. The maximum Gasteiger partial charge on any atom is 0.335 e. The molecule has 1 saturated heterocycles. The molecule has 8 nitrogen and oxygen atoms in total. The van der Waals surface area contributed by atoms with Gasteiger partial charge in [-0.1, -0.05) is 34.1 Å². The molecule has 180 valence electrons. The number of imide groups is 2. The number of anilines is 1. The Labute approximate surface area is 213 Å². The molecule has 0 bridgehead atoms. The van der Waals surface area contributed by atoms with Crippen LogP contribution in [0, 0.1) is 17.1 Å². The summed E-state index contributed by atoms with van der Waals surface area (Å²) in [6.45, 7) is 0.114. The Balaban J connectivity index is 1.65. The Hall–Kier alpha value is -4.49. The zero-order chi connectivity index (χ0) is 25.8. The predicted octanol–water partition coefficient (Wildman–Crippen LogP) is 4.71. The molecule has 4 amide bonds. The highest BCUT2D eigenvalue weighted by molar-refractivity contribution is 9.10. The fourth-order valence-electron chi connectivity index (χ4n) is 3.48. The monoisotopic (exact) mass is 549 g/mol. The van der Waals surface area contributed by atoms with Gasteiger partial charge in [0, 0.05) is 10.0 Å². The van der Waals surface area contributed by atoms with Crippen molar-refractivity contribution in [3.05, 3.63) is 93.2 Å². The van der Waals surface area contributed by atoms with Crippen LogP contribution in [0.5, 0.6) is 11.5 Å². The molecule has 3 aromatic rings. The van der Waals surface area contributed by atoms with Gasteiger partial charge in [0.25, 0.3) is 11.8 Å². The molecule has 36 heavy (non-hydrogen) atoms. The van der Waals surface area contributed by atoms with Gasteiger partial charge in [-0.05, 0) is 54.1 Å². The number of ether oxygens (including phenoxy) is 2. The summed E-state index contributed by atoms with van der Waals surface area (Å²) in [7, 11) is 1.43. The molecule has 10 heteroatoms. The molecular weight excluding hydrogens is 533 g/mol. The van der Waals surface area contributed by atoms with Crippen molar-refractivity contribution in [1.29, 1.82) is 5.26 Å². The summed E-state index contributed by atoms with van der Waals surface area (Å²) in [5.74, 6) is -1.60. The molecule has 0 aromatic heterocycles. The van der Waals surface area contributed by atoms with Gasteiger partial charge in [0.2, 0.25) is 0 Å². The van der Waals surface area contributed by atoms with E-state index in [4.69, 9.17) is 9.47 Å². The van der Waals surface area contributed by atoms with Crippen LogP contribution in [0.4, 0.5) is 14.9 Å². The van der Waals surface area contributed by atoms with Crippen LogP contribution in [0.1, 0.15) is 16.7 Å². The minimum Gasteiger partial charge on any atom is -0.493 e. The van der Waals surface area contributed by atoms with Crippen molar-refractivity contribution in [2.75, 3.05) is 12.0 Å². The summed E-state index contributed by atoms with van der Waals surface area (Å²) in [4.78, 5) is 38.7. The summed E-state index contributed by atoms with van der Waals surface area (Å²) in [5.41, 5.74) is 1.38. The lowest BCUT2D eigenvalue weighted by Crippen LogP contribution is -2.54. The van der Waals surface area contributed by atoms with E-state index in [9.17, 15) is 24.0 Å². The topological polar surface area (TPSA) is 109 Å². The molecule has 0 saturated carbocycles. The van der Waals surface area contributed by atoms with E-state index < -0.39 is 23.7 Å². The number of carbonyl (C=O) groups is 3. The first kappa shape index (κ1) is 24.6. The lowest BCUT2D eigenvalue weighted by molar-refractivity contribution is -0.122. The number of barbiturate groups is 1. The minimum absolute atomic E-state index is 0.107. The lowest BCUT2D eigenvalue weighted by Gasteiger charge is -2.26. The first-order valence-electron chi connectivity index (χ1n) is 10.5. The highest BCUT2D eigenvalue weighted by Gasteiger charge is 2.37. The number of carbonyl (C=O) groups excluding carboxylic acids is 3.